The summed E-state index contributed by atoms with van der Waals surface area (Å²) in [4.78, 5) is 40.8. The van der Waals surface area contributed by atoms with Crippen LogP contribution in [0.3, 0.4) is 0 Å². The maximum Gasteiger partial charge on any atom is 0.407 e. The molecule has 65 heavy (non-hydrogen) atoms. The van der Waals surface area contributed by atoms with E-state index in [0.29, 0.717) is 27.4 Å². The second-order valence-corrected chi connectivity index (χ2v) is 19.8. The first-order valence-corrected chi connectivity index (χ1v) is 23.2. The summed E-state index contributed by atoms with van der Waals surface area (Å²) in [5, 5.41) is 12.7. The Bertz CT molecular complexity index is 2580. The summed E-state index contributed by atoms with van der Waals surface area (Å²) in [5.41, 5.74) is 10.4. The number of hydrogen-bond acceptors (Lipinski definition) is 10. The van der Waals surface area contributed by atoms with Crippen molar-refractivity contribution in [1.82, 2.24) is 39.7 Å². The second-order valence-electron chi connectivity index (χ2n) is 18.7. The molecule has 2 aromatic carbocycles. The normalized spacial score (nSPS) is 18.7. The van der Waals surface area contributed by atoms with Gasteiger partial charge in [-0.05, 0) is 129 Å². The standard InChI is InChI=1S/C24H30ClN5O2.C13H9Cl2N3.C11H22N2O2/c1-24(2,3)32-23(31)28-16-8-5-7-15(13-16)27-22-26-14-19(25)21(29-22)18-9-6-10-20-17(18)11-12-30(20)4;1-18-6-5-8-9(3-2-4-11(8)18)12-10(14)7-16-13(15)17-12;1-11(2,3)15-10(14)13-9-6-4-5-8(12)7-9/h6,9-12,14-16H,5,7-8,13H2,1-4H3,(H,28,31)(H,26,27,29);2-7H,1H3;8-9H,4-7,12H2,1-3H3,(H,13,14)/t15-,16+;;8-,9+/m1.1/s1. The van der Waals surface area contributed by atoms with Crippen LogP contribution >= 0.6 is 34.8 Å². The molecule has 4 atom stereocenters. The van der Waals surface area contributed by atoms with E-state index in [1.807, 2.05) is 98.4 Å². The average molecular weight is 948 g/mol. The van der Waals surface area contributed by atoms with Crippen molar-refractivity contribution >= 4 is 74.7 Å². The third-order valence-corrected chi connectivity index (χ3v) is 11.7. The fraction of sp³-hybridized carbons (Fsp3) is 0.458. The molecule has 0 bridgehead atoms. The Kier molecular flexibility index (Phi) is 16.3. The molecule has 348 valence electrons. The highest BCUT2D eigenvalue weighted by molar-refractivity contribution is 6.34. The summed E-state index contributed by atoms with van der Waals surface area (Å²) in [6.45, 7) is 11.2. The Morgan fingerprint density at radius 1 is 0.662 bits per heavy atom. The summed E-state index contributed by atoms with van der Waals surface area (Å²) in [5.74, 6) is 0.542. The zero-order valence-corrected chi connectivity index (χ0v) is 40.7. The monoisotopic (exact) mass is 946 g/mol. The molecule has 8 rings (SSSR count). The first-order chi connectivity index (χ1) is 30.7. The van der Waals surface area contributed by atoms with Crippen LogP contribution < -0.4 is 21.7 Å². The number of nitrogens with one attached hydrogen (secondary N) is 3. The van der Waals surface area contributed by atoms with Crippen LogP contribution in [0.25, 0.3) is 44.3 Å². The number of ether oxygens (including phenoxy) is 2. The maximum absolute atomic E-state index is 12.1. The van der Waals surface area contributed by atoms with E-state index in [2.05, 4.69) is 58.2 Å². The lowest BCUT2D eigenvalue weighted by Gasteiger charge is -2.31. The zero-order valence-electron chi connectivity index (χ0n) is 38.4. The van der Waals surface area contributed by atoms with Gasteiger partial charge < -0.3 is 40.3 Å². The number of nitrogens with zero attached hydrogens (tertiary/aromatic N) is 6. The lowest BCUT2D eigenvalue weighted by atomic mass is 9.91. The van der Waals surface area contributed by atoms with Crippen LogP contribution in [0.15, 0.2) is 73.3 Å². The van der Waals surface area contributed by atoms with Gasteiger partial charge in [-0.25, -0.2) is 29.5 Å². The number of alkyl carbamates (subject to hydrolysis) is 2. The number of fused-ring (bicyclic) bond motifs is 2. The zero-order chi connectivity index (χ0) is 47.1. The van der Waals surface area contributed by atoms with E-state index < -0.39 is 11.2 Å². The second kappa shape index (κ2) is 21.4. The van der Waals surface area contributed by atoms with E-state index in [-0.39, 0.29) is 41.6 Å². The van der Waals surface area contributed by atoms with E-state index >= 15 is 0 Å². The van der Waals surface area contributed by atoms with Gasteiger partial charge in [-0.3, -0.25) is 0 Å². The van der Waals surface area contributed by atoms with E-state index in [4.69, 9.17) is 55.0 Å². The Balaban J connectivity index is 0.000000179. The van der Waals surface area contributed by atoms with Gasteiger partial charge in [0.25, 0.3) is 0 Å². The minimum atomic E-state index is -0.508. The molecule has 2 fully saturated rings. The summed E-state index contributed by atoms with van der Waals surface area (Å²) in [7, 11) is 4.02. The van der Waals surface area contributed by atoms with Crippen LogP contribution in [0, 0.1) is 0 Å². The number of hydrogen-bond donors (Lipinski definition) is 4. The molecule has 2 saturated carbocycles. The number of nitrogens with two attached hydrogens (primary N) is 1. The van der Waals surface area contributed by atoms with Gasteiger partial charge in [-0.15, -0.1) is 0 Å². The van der Waals surface area contributed by atoms with Gasteiger partial charge >= 0.3 is 12.2 Å². The third-order valence-electron chi connectivity index (χ3n) is 11.0. The van der Waals surface area contributed by atoms with Gasteiger partial charge in [0.05, 0.1) is 33.8 Å². The number of halogens is 3. The molecule has 2 amide bonds. The van der Waals surface area contributed by atoms with E-state index in [1.165, 1.54) is 6.20 Å². The summed E-state index contributed by atoms with van der Waals surface area (Å²) < 4.78 is 14.7. The van der Waals surface area contributed by atoms with Crippen molar-refractivity contribution in [2.45, 2.75) is 128 Å². The predicted octanol–water partition coefficient (Wildman–Crippen LogP) is 11.3. The Labute approximate surface area is 396 Å². The SMILES string of the molecule is CC(C)(C)OC(=O)N[C@H]1CCC[C@@H](N)C1.Cn1ccc2c(-c3nc(Cl)ncc3Cl)cccc21.Cn1ccc2c(-c3nc(N[C@@H]4CCC[C@H](NC(=O)OC(C)(C)C)C4)ncc3Cl)cccc21. The quantitative estimate of drug-likeness (QED) is 0.118. The number of rotatable bonds is 6. The van der Waals surface area contributed by atoms with Crippen LogP contribution in [0.4, 0.5) is 15.5 Å². The highest BCUT2D eigenvalue weighted by Gasteiger charge is 2.27. The Morgan fingerprint density at radius 2 is 1.14 bits per heavy atom. The Morgan fingerprint density at radius 3 is 1.66 bits per heavy atom. The molecule has 2 aliphatic carbocycles. The van der Waals surface area contributed by atoms with Gasteiger partial charge in [0.15, 0.2) is 0 Å². The van der Waals surface area contributed by atoms with Gasteiger partial charge in [-0.1, -0.05) is 47.5 Å². The Hall–Kier alpha value is -5.15. The average Bonchev–Trinajstić information content (AvgIpc) is 3.80. The van der Waals surface area contributed by atoms with Gasteiger partial charge in [0.1, 0.15) is 11.2 Å². The van der Waals surface area contributed by atoms with Crippen molar-refractivity contribution in [3.8, 4) is 22.5 Å². The van der Waals surface area contributed by atoms with Crippen molar-refractivity contribution in [2.24, 2.45) is 19.8 Å². The third kappa shape index (κ3) is 13.9. The topological polar surface area (TPSA) is 176 Å². The minimum absolute atomic E-state index is 0.0564. The fourth-order valence-electron chi connectivity index (χ4n) is 8.12. The highest BCUT2D eigenvalue weighted by Crippen LogP contribution is 2.34. The van der Waals surface area contributed by atoms with E-state index in [1.54, 1.807) is 6.20 Å². The molecular weight excluding hydrogens is 887 g/mol. The predicted molar refractivity (Wildman–Crippen MR) is 262 cm³/mol. The fourth-order valence-corrected chi connectivity index (χ4v) is 8.64. The van der Waals surface area contributed by atoms with Crippen molar-refractivity contribution in [3.63, 3.8) is 0 Å². The molecule has 17 heteroatoms. The lowest BCUT2D eigenvalue weighted by molar-refractivity contribution is 0.0479. The van der Waals surface area contributed by atoms with Crippen LogP contribution in [-0.2, 0) is 23.6 Å². The number of amides is 2. The number of aryl methyl sites for hydroxylation is 2. The van der Waals surface area contributed by atoms with Crippen molar-refractivity contribution in [2.75, 3.05) is 5.32 Å². The molecule has 0 aliphatic heterocycles. The largest absolute Gasteiger partial charge is 0.444 e. The number of aromatic nitrogens is 6. The summed E-state index contributed by atoms with van der Waals surface area (Å²) in [6.07, 6.45) is 14.2. The molecule has 0 spiro atoms. The number of anilines is 1. The number of carbonyl (C=O) groups is 2. The molecule has 0 unspecified atom stereocenters. The van der Waals surface area contributed by atoms with Crippen LogP contribution in [-0.4, -0.2) is 76.6 Å². The maximum atomic E-state index is 12.1. The molecule has 0 radical (unpaired) electrons. The minimum Gasteiger partial charge on any atom is -0.444 e. The first kappa shape index (κ1) is 49.3. The van der Waals surface area contributed by atoms with Crippen molar-refractivity contribution in [1.29, 1.82) is 0 Å². The first-order valence-electron chi connectivity index (χ1n) is 22.0. The van der Waals surface area contributed by atoms with Crippen LogP contribution in [0.2, 0.25) is 15.3 Å². The van der Waals surface area contributed by atoms with Gasteiger partial charge in [0, 0.05) is 83.6 Å². The molecule has 4 heterocycles. The van der Waals surface area contributed by atoms with E-state index in [0.717, 1.165) is 84.3 Å². The van der Waals surface area contributed by atoms with Crippen LogP contribution in [0.5, 0.6) is 0 Å². The van der Waals surface area contributed by atoms with Gasteiger partial charge in [-0.2, -0.15) is 0 Å². The number of carbonyl (C=O) groups excluding carboxylic acids is 2. The summed E-state index contributed by atoms with van der Waals surface area (Å²) in [6, 6.07) is 16.9. The highest BCUT2D eigenvalue weighted by atomic mass is 35.5. The van der Waals surface area contributed by atoms with E-state index in [9.17, 15) is 9.59 Å². The summed E-state index contributed by atoms with van der Waals surface area (Å²) >= 11 is 18.5. The molecule has 0 saturated heterocycles. The number of benzene rings is 2. The van der Waals surface area contributed by atoms with Crippen LogP contribution in [0.1, 0.15) is 92.9 Å². The molecular formula is C48H61Cl3N10O4. The van der Waals surface area contributed by atoms with Crippen molar-refractivity contribution < 1.29 is 19.1 Å². The molecule has 6 aromatic rings. The molecule has 5 N–H and O–H groups in total. The smallest absolute Gasteiger partial charge is 0.407 e. The lowest BCUT2D eigenvalue weighted by Crippen LogP contribution is -2.44. The molecule has 2 aliphatic rings. The molecule has 4 aromatic heterocycles. The van der Waals surface area contributed by atoms with Gasteiger partial charge in [0.2, 0.25) is 11.2 Å². The molecule has 14 nitrogen and oxygen atoms in total. The van der Waals surface area contributed by atoms with Crippen molar-refractivity contribution in [3.05, 3.63) is 88.6 Å².